The molecule has 2 nitrogen and oxygen atoms in total. The van der Waals surface area contributed by atoms with Crippen LogP contribution in [0.3, 0.4) is 0 Å². The summed E-state index contributed by atoms with van der Waals surface area (Å²) in [4.78, 5) is 0. The molecule has 0 rings (SSSR count). The molecular weight excluding hydrogens is 100 g/mol. The zero-order chi connectivity index (χ0) is 6.73. The first kappa shape index (κ1) is 7.92. The maximum absolute atomic E-state index is 5.63. The van der Waals surface area contributed by atoms with E-state index in [0.717, 1.165) is 0 Å². The summed E-state index contributed by atoms with van der Waals surface area (Å²) in [5.74, 6) is 0.495. The van der Waals surface area contributed by atoms with Gasteiger partial charge in [0.15, 0.2) is 0 Å². The van der Waals surface area contributed by atoms with E-state index >= 15 is 0 Å². The number of hydrogen-bond donors (Lipinski definition) is 2. The zero-order valence-corrected chi connectivity index (χ0v) is 5.89. The second kappa shape index (κ2) is 3.05. The van der Waals surface area contributed by atoms with E-state index in [1.807, 2.05) is 6.92 Å². The first-order valence-electron chi connectivity index (χ1n) is 3.07. The minimum Gasteiger partial charge on any atom is -0.327 e. The fourth-order valence-corrected chi connectivity index (χ4v) is 0.607. The van der Waals surface area contributed by atoms with Crippen molar-refractivity contribution in [1.29, 1.82) is 0 Å². The van der Waals surface area contributed by atoms with Gasteiger partial charge in [-0.1, -0.05) is 13.8 Å². The number of rotatable bonds is 2. The Hall–Kier alpha value is -0.0800. The fraction of sp³-hybridized carbons (Fsp3) is 1.00. The molecule has 0 aromatic heterocycles. The summed E-state index contributed by atoms with van der Waals surface area (Å²) in [7, 11) is 0. The van der Waals surface area contributed by atoms with E-state index in [9.17, 15) is 0 Å². The lowest BCUT2D eigenvalue weighted by Gasteiger charge is -2.18. The van der Waals surface area contributed by atoms with Gasteiger partial charge in [0.25, 0.3) is 0 Å². The summed E-state index contributed by atoms with van der Waals surface area (Å²) in [6.45, 7) is 6.09. The van der Waals surface area contributed by atoms with Crippen molar-refractivity contribution in [3.63, 3.8) is 0 Å². The summed E-state index contributed by atoms with van der Waals surface area (Å²) in [5.41, 5.74) is 11.1. The molecule has 0 aromatic rings. The molecule has 50 valence electrons. The van der Waals surface area contributed by atoms with Crippen LogP contribution in [-0.4, -0.2) is 12.1 Å². The average molecular weight is 116 g/mol. The minimum absolute atomic E-state index is 0.120. The van der Waals surface area contributed by atoms with Gasteiger partial charge in [-0.25, -0.2) is 0 Å². The Morgan fingerprint density at radius 2 is 1.38 bits per heavy atom. The van der Waals surface area contributed by atoms with Crippen molar-refractivity contribution < 1.29 is 0 Å². The lowest BCUT2D eigenvalue weighted by molar-refractivity contribution is 0.433. The van der Waals surface area contributed by atoms with Crippen molar-refractivity contribution in [3.8, 4) is 0 Å². The third-order valence-electron chi connectivity index (χ3n) is 1.38. The Kier molecular flexibility index (Phi) is 3.02. The van der Waals surface area contributed by atoms with Gasteiger partial charge in [0.05, 0.1) is 0 Å². The standard InChI is InChI=1S/C6H16N2/c1-4(2)6(8)5(3)7/h4-6H,7-8H2,1-3H3/t5-,6+/m0/s1. The van der Waals surface area contributed by atoms with Gasteiger partial charge < -0.3 is 11.5 Å². The maximum atomic E-state index is 5.63. The Balaban J connectivity index is 3.46. The number of nitrogens with two attached hydrogens (primary N) is 2. The second-order valence-electron chi connectivity index (χ2n) is 2.68. The molecule has 2 atom stereocenters. The molecule has 0 aromatic carbocycles. The Morgan fingerprint density at radius 1 is 1.00 bits per heavy atom. The van der Waals surface area contributed by atoms with E-state index in [4.69, 9.17) is 11.5 Å². The first-order valence-corrected chi connectivity index (χ1v) is 3.07. The summed E-state index contributed by atoms with van der Waals surface area (Å²) < 4.78 is 0. The van der Waals surface area contributed by atoms with Crippen LogP contribution in [-0.2, 0) is 0 Å². The molecule has 0 saturated heterocycles. The van der Waals surface area contributed by atoms with E-state index in [1.165, 1.54) is 0 Å². The Morgan fingerprint density at radius 3 is 1.38 bits per heavy atom. The van der Waals surface area contributed by atoms with E-state index in [1.54, 1.807) is 0 Å². The van der Waals surface area contributed by atoms with E-state index in [2.05, 4.69) is 13.8 Å². The quantitative estimate of drug-likeness (QED) is 0.546. The summed E-state index contributed by atoms with van der Waals surface area (Å²) in [6, 6.07) is 0.269. The minimum atomic E-state index is 0.120. The highest BCUT2D eigenvalue weighted by Crippen LogP contribution is 1.99. The summed E-state index contributed by atoms with van der Waals surface area (Å²) >= 11 is 0. The Labute approximate surface area is 51.2 Å². The van der Waals surface area contributed by atoms with Crippen molar-refractivity contribution in [2.45, 2.75) is 32.9 Å². The molecule has 0 bridgehead atoms. The van der Waals surface area contributed by atoms with Gasteiger partial charge in [0.2, 0.25) is 0 Å². The van der Waals surface area contributed by atoms with Crippen molar-refractivity contribution in [3.05, 3.63) is 0 Å². The Bertz CT molecular complexity index is 51.5. The predicted molar refractivity (Wildman–Crippen MR) is 36.5 cm³/mol. The fourth-order valence-electron chi connectivity index (χ4n) is 0.607. The van der Waals surface area contributed by atoms with Crippen LogP contribution in [0.2, 0.25) is 0 Å². The normalized spacial score (nSPS) is 18.8. The first-order chi connectivity index (χ1) is 3.55. The van der Waals surface area contributed by atoms with Crippen LogP contribution in [0.4, 0.5) is 0 Å². The molecule has 2 heteroatoms. The van der Waals surface area contributed by atoms with Crippen molar-refractivity contribution in [1.82, 2.24) is 0 Å². The van der Waals surface area contributed by atoms with Crippen LogP contribution < -0.4 is 11.5 Å². The van der Waals surface area contributed by atoms with E-state index in [0.29, 0.717) is 5.92 Å². The van der Waals surface area contributed by atoms with Gasteiger partial charge in [-0.15, -0.1) is 0 Å². The van der Waals surface area contributed by atoms with Gasteiger partial charge in [0.1, 0.15) is 0 Å². The molecule has 0 aliphatic carbocycles. The van der Waals surface area contributed by atoms with Crippen LogP contribution >= 0.6 is 0 Å². The van der Waals surface area contributed by atoms with Crippen LogP contribution in [0.1, 0.15) is 20.8 Å². The lowest BCUT2D eigenvalue weighted by atomic mass is 10.00. The van der Waals surface area contributed by atoms with E-state index in [-0.39, 0.29) is 12.1 Å². The molecule has 0 saturated carbocycles. The number of hydrogen-bond acceptors (Lipinski definition) is 2. The highest BCUT2D eigenvalue weighted by atomic mass is 14.8. The monoisotopic (exact) mass is 116 g/mol. The summed E-state index contributed by atoms with van der Waals surface area (Å²) in [5, 5.41) is 0. The van der Waals surface area contributed by atoms with Crippen molar-refractivity contribution >= 4 is 0 Å². The predicted octanol–water partition coefficient (Wildman–Crippen LogP) is 0.317. The molecule has 0 unspecified atom stereocenters. The molecule has 0 amide bonds. The van der Waals surface area contributed by atoms with Gasteiger partial charge >= 0.3 is 0 Å². The van der Waals surface area contributed by atoms with E-state index < -0.39 is 0 Å². The zero-order valence-electron chi connectivity index (χ0n) is 5.89. The van der Waals surface area contributed by atoms with Crippen LogP contribution in [0, 0.1) is 5.92 Å². The molecule has 0 aliphatic heterocycles. The van der Waals surface area contributed by atoms with Crippen molar-refractivity contribution in [2.24, 2.45) is 17.4 Å². The molecule has 0 fully saturated rings. The highest BCUT2D eigenvalue weighted by Gasteiger charge is 2.10. The third-order valence-corrected chi connectivity index (χ3v) is 1.38. The SMILES string of the molecule is CC(C)[C@@H](N)[C@H](C)N. The van der Waals surface area contributed by atoms with Gasteiger partial charge in [0, 0.05) is 12.1 Å². The molecule has 8 heavy (non-hydrogen) atoms. The van der Waals surface area contributed by atoms with Crippen LogP contribution in [0.25, 0.3) is 0 Å². The molecule has 4 N–H and O–H groups in total. The molecular formula is C6H16N2. The van der Waals surface area contributed by atoms with Gasteiger partial charge in [-0.05, 0) is 12.8 Å². The van der Waals surface area contributed by atoms with Crippen LogP contribution in [0.15, 0.2) is 0 Å². The third kappa shape index (κ3) is 2.28. The lowest BCUT2D eigenvalue weighted by Crippen LogP contribution is -2.42. The second-order valence-corrected chi connectivity index (χ2v) is 2.68. The van der Waals surface area contributed by atoms with Gasteiger partial charge in [-0.3, -0.25) is 0 Å². The molecule has 0 spiro atoms. The molecule has 0 aliphatic rings. The average Bonchev–Trinajstić information content (AvgIpc) is 1.64. The van der Waals surface area contributed by atoms with Crippen LogP contribution in [0.5, 0.6) is 0 Å². The highest BCUT2D eigenvalue weighted by molar-refractivity contribution is 4.73. The largest absolute Gasteiger partial charge is 0.327 e. The molecule has 0 heterocycles. The molecule has 0 radical (unpaired) electrons. The van der Waals surface area contributed by atoms with Crippen molar-refractivity contribution in [2.75, 3.05) is 0 Å². The summed E-state index contributed by atoms with van der Waals surface area (Å²) in [6.07, 6.45) is 0. The topological polar surface area (TPSA) is 52.0 Å². The maximum Gasteiger partial charge on any atom is 0.0212 e. The smallest absolute Gasteiger partial charge is 0.0212 e. The van der Waals surface area contributed by atoms with Gasteiger partial charge in [-0.2, -0.15) is 0 Å².